The topological polar surface area (TPSA) is 45.4 Å². The van der Waals surface area contributed by atoms with Gasteiger partial charge in [0.05, 0.1) is 12.2 Å². The van der Waals surface area contributed by atoms with Crippen LogP contribution in [0, 0.1) is 17.5 Å². The molecular formula is C12H10F3NO2. The highest BCUT2D eigenvalue weighted by atomic mass is 19.2. The number of furan rings is 1. The smallest absolute Gasteiger partial charge is 0.161 e. The maximum absolute atomic E-state index is 13.3. The average molecular weight is 257 g/mol. The summed E-state index contributed by atoms with van der Waals surface area (Å²) in [6.07, 6.45) is 0. The van der Waals surface area contributed by atoms with E-state index >= 15 is 0 Å². The van der Waals surface area contributed by atoms with Gasteiger partial charge in [0, 0.05) is 12.1 Å². The third kappa shape index (κ3) is 2.65. The fourth-order valence-electron chi connectivity index (χ4n) is 1.44. The number of hydrogen-bond acceptors (Lipinski definition) is 3. The Morgan fingerprint density at radius 2 is 1.67 bits per heavy atom. The second kappa shape index (κ2) is 5.14. The third-order valence-electron chi connectivity index (χ3n) is 2.34. The third-order valence-corrected chi connectivity index (χ3v) is 2.34. The molecule has 0 aliphatic heterocycles. The van der Waals surface area contributed by atoms with Gasteiger partial charge in [0.15, 0.2) is 11.6 Å². The summed E-state index contributed by atoms with van der Waals surface area (Å²) in [7, 11) is 0. The summed E-state index contributed by atoms with van der Waals surface area (Å²) in [5.74, 6) is -2.43. The molecule has 0 spiro atoms. The number of rotatable bonds is 4. The molecule has 0 amide bonds. The first-order valence-electron chi connectivity index (χ1n) is 5.17. The van der Waals surface area contributed by atoms with Gasteiger partial charge in [-0.05, 0) is 12.1 Å². The second-order valence-corrected chi connectivity index (χ2v) is 3.63. The van der Waals surface area contributed by atoms with Crippen LogP contribution in [-0.4, -0.2) is 5.11 Å². The Kier molecular flexibility index (Phi) is 3.57. The predicted molar refractivity (Wildman–Crippen MR) is 58.3 cm³/mol. The van der Waals surface area contributed by atoms with E-state index in [4.69, 9.17) is 9.52 Å². The SMILES string of the molecule is OCc1ccc(CNc2cc(F)c(F)cc2F)o1. The molecule has 96 valence electrons. The van der Waals surface area contributed by atoms with Gasteiger partial charge in [0.25, 0.3) is 0 Å². The average Bonchev–Trinajstić information content (AvgIpc) is 2.80. The lowest BCUT2D eigenvalue weighted by atomic mass is 10.2. The van der Waals surface area contributed by atoms with Crippen molar-refractivity contribution in [2.75, 3.05) is 5.32 Å². The quantitative estimate of drug-likeness (QED) is 0.828. The normalized spacial score (nSPS) is 10.7. The molecule has 6 heteroatoms. The van der Waals surface area contributed by atoms with Crippen molar-refractivity contribution in [3.63, 3.8) is 0 Å². The number of hydrogen-bond donors (Lipinski definition) is 2. The van der Waals surface area contributed by atoms with E-state index in [2.05, 4.69) is 5.32 Å². The summed E-state index contributed by atoms with van der Waals surface area (Å²) in [5, 5.41) is 11.4. The molecule has 0 atom stereocenters. The maximum Gasteiger partial charge on any atom is 0.161 e. The van der Waals surface area contributed by atoms with Crippen LogP contribution in [0.15, 0.2) is 28.7 Å². The largest absolute Gasteiger partial charge is 0.462 e. The molecule has 1 aromatic heterocycles. The van der Waals surface area contributed by atoms with E-state index in [1.807, 2.05) is 0 Å². The molecule has 3 nitrogen and oxygen atoms in total. The standard InChI is InChI=1S/C12H10F3NO2/c13-9-3-11(15)12(4-10(9)14)16-5-7-1-2-8(6-17)18-7/h1-4,16-17H,5-6H2. The van der Waals surface area contributed by atoms with Crippen molar-refractivity contribution in [2.24, 2.45) is 0 Å². The number of anilines is 1. The minimum atomic E-state index is -1.24. The van der Waals surface area contributed by atoms with Gasteiger partial charge >= 0.3 is 0 Å². The van der Waals surface area contributed by atoms with E-state index in [1.165, 1.54) is 0 Å². The molecule has 0 aliphatic rings. The Hall–Kier alpha value is -1.95. The van der Waals surface area contributed by atoms with Crippen LogP contribution in [0.25, 0.3) is 0 Å². The zero-order valence-corrected chi connectivity index (χ0v) is 9.21. The molecule has 0 radical (unpaired) electrons. The Labute approximate surface area is 101 Å². The van der Waals surface area contributed by atoms with E-state index < -0.39 is 17.5 Å². The van der Waals surface area contributed by atoms with Gasteiger partial charge in [-0.25, -0.2) is 13.2 Å². The molecule has 2 rings (SSSR count). The molecule has 18 heavy (non-hydrogen) atoms. The van der Waals surface area contributed by atoms with Gasteiger partial charge in [-0.1, -0.05) is 0 Å². The Morgan fingerprint density at radius 3 is 2.33 bits per heavy atom. The summed E-state index contributed by atoms with van der Waals surface area (Å²) in [6.45, 7) is -0.137. The van der Waals surface area contributed by atoms with Crippen LogP contribution in [0.1, 0.15) is 11.5 Å². The molecular weight excluding hydrogens is 247 g/mol. The van der Waals surface area contributed by atoms with Crippen molar-refractivity contribution >= 4 is 5.69 Å². The van der Waals surface area contributed by atoms with Crippen LogP contribution in [0.2, 0.25) is 0 Å². The van der Waals surface area contributed by atoms with Crippen LogP contribution >= 0.6 is 0 Å². The zero-order valence-electron chi connectivity index (χ0n) is 9.21. The second-order valence-electron chi connectivity index (χ2n) is 3.63. The minimum Gasteiger partial charge on any atom is -0.462 e. The van der Waals surface area contributed by atoms with Gasteiger partial charge in [0.2, 0.25) is 0 Å². The maximum atomic E-state index is 13.3. The lowest BCUT2D eigenvalue weighted by Crippen LogP contribution is -2.02. The van der Waals surface area contributed by atoms with Crippen molar-refractivity contribution in [2.45, 2.75) is 13.2 Å². The van der Waals surface area contributed by atoms with E-state index in [-0.39, 0.29) is 18.8 Å². The summed E-state index contributed by atoms with van der Waals surface area (Å²) < 4.78 is 44.0. The monoisotopic (exact) mass is 257 g/mol. The number of aliphatic hydroxyl groups is 1. The first kappa shape index (κ1) is 12.5. The first-order chi connectivity index (χ1) is 8.60. The molecule has 1 heterocycles. The van der Waals surface area contributed by atoms with Gasteiger partial charge in [0.1, 0.15) is 23.9 Å². The fourth-order valence-corrected chi connectivity index (χ4v) is 1.44. The van der Waals surface area contributed by atoms with Gasteiger partial charge in [-0.15, -0.1) is 0 Å². The van der Waals surface area contributed by atoms with Crippen LogP contribution in [-0.2, 0) is 13.2 Å². The number of nitrogens with one attached hydrogen (secondary N) is 1. The molecule has 0 fully saturated rings. The summed E-state index contributed by atoms with van der Waals surface area (Å²) >= 11 is 0. The van der Waals surface area contributed by atoms with E-state index in [1.54, 1.807) is 12.1 Å². The van der Waals surface area contributed by atoms with Crippen molar-refractivity contribution in [3.05, 3.63) is 53.2 Å². The summed E-state index contributed by atoms with van der Waals surface area (Å²) in [5.41, 5.74) is -0.157. The number of aliphatic hydroxyl groups excluding tert-OH is 1. The van der Waals surface area contributed by atoms with Gasteiger partial charge in [-0.3, -0.25) is 0 Å². The van der Waals surface area contributed by atoms with Gasteiger partial charge in [-0.2, -0.15) is 0 Å². The molecule has 0 saturated carbocycles. The fraction of sp³-hybridized carbons (Fsp3) is 0.167. The Balaban J connectivity index is 2.08. The van der Waals surface area contributed by atoms with Crippen molar-refractivity contribution < 1.29 is 22.7 Å². The highest BCUT2D eigenvalue weighted by Gasteiger charge is 2.10. The van der Waals surface area contributed by atoms with Crippen LogP contribution in [0.4, 0.5) is 18.9 Å². The number of halogens is 3. The summed E-state index contributed by atoms with van der Waals surface area (Å²) in [4.78, 5) is 0. The zero-order chi connectivity index (χ0) is 13.1. The van der Waals surface area contributed by atoms with Crippen LogP contribution < -0.4 is 5.32 Å². The predicted octanol–water partition coefficient (Wildman–Crippen LogP) is 2.80. The lowest BCUT2D eigenvalue weighted by molar-refractivity contribution is 0.244. The Bertz CT molecular complexity index is 554. The molecule has 2 N–H and O–H groups in total. The lowest BCUT2D eigenvalue weighted by Gasteiger charge is -2.06. The van der Waals surface area contributed by atoms with Gasteiger partial charge < -0.3 is 14.8 Å². The molecule has 0 aliphatic carbocycles. The highest BCUT2D eigenvalue weighted by Crippen LogP contribution is 2.19. The van der Waals surface area contributed by atoms with Crippen molar-refractivity contribution in [1.29, 1.82) is 0 Å². The highest BCUT2D eigenvalue weighted by molar-refractivity contribution is 5.45. The number of benzene rings is 1. The van der Waals surface area contributed by atoms with Crippen molar-refractivity contribution in [1.82, 2.24) is 0 Å². The summed E-state index contributed by atoms with van der Waals surface area (Å²) in [6, 6.07) is 4.37. The minimum absolute atomic E-state index is 0.0992. The molecule has 0 unspecified atom stereocenters. The molecule has 1 aromatic carbocycles. The van der Waals surface area contributed by atoms with E-state index in [0.29, 0.717) is 17.6 Å². The molecule has 0 bridgehead atoms. The molecule has 0 saturated heterocycles. The van der Waals surface area contributed by atoms with Crippen molar-refractivity contribution in [3.8, 4) is 0 Å². The first-order valence-corrected chi connectivity index (χ1v) is 5.17. The van der Waals surface area contributed by atoms with E-state index in [0.717, 1.165) is 6.07 Å². The van der Waals surface area contributed by atoms with Crippen LogP contribution in [0.5, 0.6) is 0 Å². The van der Waals surface area contributed by atoms with E-state index in [9.17, 15) is 13.2 Å². The Morgan fingerprint density at radius 1 is 1.00 bits per heavy atom. The van der Waals surface area contributed by atoms with Crippen LogP contribution in [0.3, 0.4) is 0 Å². The molecule has 2 aromatic rings.